The zero-order chi connectivity index (χ0) is 15.1. The van der Waals surface area contributed by atoms with Gasteiger partial charge in [-0.15, -0.1) is 11.3 Å². The van der Waals surface area contributed by atoms with Gasteiger partial charge in [-0.25, -0.2) is 4.98 Å². The average molecular weight is 371 g/mol. The minimum Gasteiger partial charge on any atom is -0.487 e. The molecule has 0 amide bonds. The van der Waals surface area contributed by atoms with E-state index < -0.39 is 0 Å². The van der Waals surface area contributed by atoms with Crippen molar-refractivity contribution in [1.29, 1.82) is 0 Å². The molecule has 0 unspecified atom stereocenters. The van der Waals surface area contributed by atoms with E-state index in [2.05, 4.69) is 26.2 Å². The number of hydrogen-bond donors (Lipinski definition) is 1. The van der Waals surface area contributed by atoms with Crippen molar-refractivity contribution >= 4 is 27.3 Å². The number of halogens is 1. The Bertz CT molecular complexity index is 575. The van der Waals surface area contributed by atoms with E-state index in [1.54, 1.807) is 18.4 Å². The lowest BCUT2D eigenvalue weighted by atomic mass is 10.2. The van der Waals surface area contributed by atoms with E-state index in [1.165, 1.54) is 0 Å². The number of methoxy groups -OCH3 is 1. The molecule has 21 heavy (non-hydrogen) atoms. The highest BCUT2D eigenvalue weighted by atomic mass is 79.9. The molecule has 0 aliphatic heterocycles. The molecule has 0 saturated carbocycles. The van der Waals surface area contributed by atoms with Crippen LogP contribution in [0.15, 0.2) is 28.1 Å². The Labute approximate surface area is 137 Å². The van der Waals surface area contributed by atoms with Gasteiger partial charge >= 0.3 is 0 Å². The second-order valence-corrected chi connectivity index (χ2v) is 6.49. The molecule has 6 heteroatoms. The fourth-order valence-electron chi connectivity index (χ4n) is 1.81. The molecule has 1 heterocycles. The van der Waals surface area contributed by atoms with Crippen LogP contribution in [0.3, 0.4) is 0 Å². The van der Waals surface area contributed by atoms with Crippen LogP contribution in [0, 0.1) is 6.92 Å². The van der Waals surface area contributed by atoms with E-state index in [4.69, 9.17) is 9.47 Å². The van der Waals surface area contributed by atoms with E-state index in [0.717, 1.165) is 39.6 Å². The van der Waals surface area contributed by atoms with Crippen molar-refractivity contribution in [1.82, 2.24) is 10.3 Å². The van der Waals surface area contributed by atoms with Crippen molar-refractivity contribution in [2.45, 2.75) is 20.1 Å². The third kappa shape index (κ3) is 5.39. The summed E-state index contributed by atoms with van der Waals surface area (Å²) in [4.78, 5) is 4.39. The smallest absolute Gasteiger partial charge is 0.131 e. The van der Waals surface area contributed by atoms with Gasteiger partial charge in [0.25, 0.3) is 0 Å². The maximum atomic E-state index is 5.80. The predicted molar refractivity (Wildman–Crippen MR) is 88.9 cm³/mol. The highest BCUT2D eigenvalue weighted by Gasteiger charge is 2.04. The molecule has 0 spiro atoms. The number of nitrogens with zero attached hydrogens (tertiary/aromatic N) is 1. The Kier molecular flexibility index (Phi) is 6.63. The molecule has 0 bridgehead atoms. The highest BCUT2D eigenvalue weighted by molar-refractivity contribution is 9.10. The number of nitrogens with one attached hydrogen (secondary N) is 1. The Morgan fingerprint density at radius 2 is 2.24 bits per heavy atom. The number of aryl methyl sites for hydroxylation is 1. The zero-order valence-electron chi connectivity index (χ0n) is 12.2. The molecule has 114 valence electrons. The first kappa shape index (κ1) is 16.4. The first-order chi connectivity index (χ1) is 10.2. The standard InChI is InChI=1S/C15H19BrN2O2S/c1-11-18-13(10-21-11)9-20-14-3-4-15(16)12(7-14)8-17-5-6-19-2/h3-4,7,10,17H,5-6,8-9H2,1-2H3. The molecule has 4 nitrogen and oxygen atoms in total. The van der Waals surface area contributed by atoms with Gasteiger partial charge in [0.05, 0.1) is 17.3 Å². The van der Waals surface area contributed by atoms with Crippen molar-refractivity contribution in [2.75, 3.05) is 20.3 Å². The summed E-state index contributed by atoms with van der Waals surface area (Å²) in [5, 5.41) is 6.42. The lowest BCUT2D eigenvalue weighted by Gasteiger charge is -2.10. The van der Waals surface area contributed by atoms with Crippen LogP contribution in [0.2, 0.25) is 0 Å². The summed E-state index contributed by atoms with van der Waals surface area (Å²) >= 11 is 5.20. The second kappa shape index (κ2) is 8.48. The molecule has 0 aliphatic rings. The molecule has 1 N–H and O–H groups in total. The lowest BCUT2D eigenvalue weighted by Crippen LogP contribution is -2.18. The highest BCUT2D eigenvalue weighted by Crippen LogP contribution is 2.23. The van der Waals surface area contributed by atoms with E-state index in [0.29, 0.717) is 13.2 Å². The number of ether oxygens (including phenoxy) is 2. The van der Waals surface area contributed by atoms with E-state index >= 15 is 0 Å². The van der Waals surface area contributed by atoms with Crippen LogP contribution in [0.4, 0.5) is 0 Å². The van der Waals surface area contributed by atoms with Gasteiger partial charge in [0.1, 0.15) is 12.4 Å². The average Bonchev–Trinajstić information content (AvgIpc) is 2.89. The molecular formula is C15H19BrN2O2S. The predicted octanol–water partition coefficient (Wildman–Crippen LogP) is 3.53. The summed E-state index contributed by atoms with van der Waals surface area (Å²) in [5.41, 5.74) is 2.14. The Morgan fingerprint density at radius 1 is 1.38 bits per heavy atom. The van der Waals surface area contributed by atoms with Crippen LogP contribution in [-0.4, -0.2) is 25.2 Å². The molecule has 1 aromatic carbocycles. The molecule has 0 saturated heterocycles. The van der Waals surface area contributed by atoms with Crippen LogP contribution in [-0.2, 0) is 17.9 Å². The fraction of sp³-hybridized carbons (Fsp3) is 0.400. The van der Waals surface area contributed by atoms with Crippen LogP contribution in [0.5, 0.6) is 5.75 Å². The van der Waals surface area contributed by atoms with Gasteiger partial charge in [0.15, 0.2) is 0 Å². The van der Waals surface area contributed by atoms with Gasteiger partial charge in [0.2, 0.25) is 0 Å². The van der Waals surface area contributed by atoms with Crippen LogP contribution >= 0.6 is 27.3 Å². The lowest BCUT2D eigenvalue weighted by molar-refractivity contribution is 0.199. The van der Waals surface area contributed by atoms with Crippen molar-refractivity contribution in [2.24, 2.45) is 0 Å². The number of benzene rings is 1. The van der Waals surface area contributed by atoms with E-state index in [1.807, 2.05) is 30.5 Å². The van der Waals surface area contributed by atoms with E-state index in [-0.39, 0.29) is 0 Å². The van der Waals surface area contributed by atoms with Gasteiger partial charge in [-0.05, 0) is 30.7 Å². The second-order valence-electron chi connectivity index (χ2n) is 4.57. The molecular weight excluding hydrogens is 352 g/mol. The maximum Gasteiger partial charge on any atom is 0.131 e. The fourth-order valence-corrected chi connectivity index (χ4v) is 2.79. The summed E-state index contributed by atoms with van der Waals surface area (Å²) in [7, 11) is 1.70. The van der Waals surface area contributed by atoms with Crippen molar-refractivity contribution in [3.8, 4) is 5.75 Å². The van der Waals surface area contributed by atoms with E-state index in [9.17, 15) is 0 Å². The van der Waals surface area contributed by atoms with Gasteiger partial charge in [0, 0.05) is 30.1 Å². The summed E-state index contributed by atoms with van der Waals surface area (Å²) in [6.45, 7) is 4.81. The molecule has 2 aromatic rings. The van der Waals surface area contributed by atoms with Crippen LogP contribution in [0.25, 0.3) is 0 Å². The summed E-state index contributed by atoms with van der Waals surface area (Å²) in [6, 6.07) is 6.01. The largest absolute Gasteiger partial charge is 0.487 e. The molecule has 0 aliphatic carbocycles. The van der Waals surface area contributed by atoms with Crippen molar-refractivity contribution < 1.29 is 9.47 Å². The van der Waals surface area contributed by atoms with Crippen LogP contribution < -0.4 is 10.1 Å². The molecule has 0 fully saturated rings. The Balaban J connectivity index is 1.91. The molecule has 0 radical (unpaired) electrons. The van der Waals surface area contributed by atoms with Gasteiger partial charge in [-0.3, -0.25) is 0 Å². The first-order valence-electron chi connectivity index (χ1n) is 6.71. The maximum absolute atomic E-state index is 5.80. The van der Waals surface area contributed by atoms with Crippen molar-refractivity contribution in [3.63, 3.8) is 0 Å². The minimum atomic E-state index is 0.502. The number of aromatic nitrogens is 1. The number of rotatable bonds is 8. The van der Waals surface area contributed by atoms with Crippen molar-refractivity contribution in [3.05, 3.63) is 44.3 Å². The normalized spacial score (nSPS) is 10.8. The SMILES string of the molecule is COCCNCc1cc(OCc2csc(C)n2)ccc1Br. The summed E-state index contributed by atoms with van der Waals surface area (Å²) in [6.07, 6.45) is 0. The monoisotopic (exact) mass is 370 g/mol. The third-order valence-electron chi connectivity index (χ3n) is 2.87. The quantitative estimate of drug-likeness (QED) is 0.721. The van der Waals surface area contributed by atoms with Gasteiger partial charge < -0.3 is 14.8 Å². The summed E-state index contributed by atoms with van der Waals surface area (Å²) < 4.78 is 11.9. The van der Waals surface area contributed by atoms with Crippen LogP contribution in [0.1, 0.15) is 16.3 Å². The summed E-state index contributed by atoms with van der Waals surface area (Å²) in [5.74, 6) is 0.854. The first-order valence-corrected chi connectivity index (χ1v) is 8.38. The Morgan fingerprint density at radius 3 is 2.95 bits per heavy atom. The number of hydrogen-bond acceptors (Lipinski definition) is 5. The number of thiazole rings is 1. The molecule has 0 atom stereocenters. The topological polar surface area (TPSA) is 43.4 Å². The van der Waals surface area contributed by atoms with Gasteiger partial charge in [-0.1, -0.05) is 15.9 Å². The minimum absolute atomic E-state index is 0.502. The zero-order valence-corrected chi connectivity index (χ0v) is 14.6. The molecule has 1 aromatic heterocycles. The molecule has 2 rings (SSSR count). The Hall–Kier alpha value is -0.950. The van der Waals surface area contributed by atoms with Gasteiger partial charge in [-0.2, -0.15) is 0 Å². The third-order valence-corrected chi connectivity index (χ3v) is 4.46.